The molecule has 0 radical (unpaired) electrons. The maximum Gasteiger partial charge on any atom is 0.0545 e. The third-order valence-electron chi connectivity index (χ3n) is 1.13. The van der Waals surface area contributed by atoms with E-state index in [1.165, 1.54) is 0 Å². The molecule has 0 amide bonds. The van der Waals surface area contributed by atoms with Crippen LogP contribution in [0.15, 0.2) is 12.2 Å². The van der Waals surface area contributed by atoms with E-state index >= 15 is 0 Å². The average molecular weight is 204 g/mol. The lowest BCUT2D eigenvalue weighted by atomic mass is 10.5. The van der Waals surface area contributed by atoms with Crippen molar-refractivity contribution in [3.63, 3.8) is 0 Å². The monoisotopic (exact) mass is 203 g/mol. The van der Waals surface area contributed by atoms with Gasteiger partial charge >= 0.3 is 0 Å². The van der Waals surface area contributed by atoms with Crippen LogP contribution in [0.25, 0.3) is 0 Å². The van der Waals surface area contributed by atoms with E-state index < -0.39 is 0 Å². The highest BCUT2D eigenvalue weighted by molar-refractivity contribution is 7.99. The first-order valence-electron chi connectivity index (χ1n) is 3.84. The normalized spacial score (nSPS) is 10.3. The van der Waals surface area contributed by atoms with Crippen LogP contribution in [0.2, 0.25) is 0 Å². The third kappa shape index (κ3) is 9.90. The number of nitrogens with one attached hydrogen (secondary N) is 1. The van der Waals surface area contributed by atoms with Crippen molar-refractivity contribution in [3.05, 3.63) is 12.2 Å². The van der Waals surface area contributed by atoms with Crippen LogP contribution in [-0.4, -0.2) is 30.5 Å². The van der Waals surface area contributed by atoms with Crippen LogP contribution < -0.4 is 5.32 Å². The van der Waals surface area contributed by atoms with E-state index in [1.807, 2.05) is 12.2 Å². The summed E-state index contributed by atoms with van der Waals surface area (Å²) < 4.78 is 0. The quantitative estimate of drug-likeness (QED) is 0.293. The topological polar surface area (TPSA) is 12.0 Å². The molecule has 0 spiro atoms. The second-order valence-corrected chi connectivity index (χ2v) is 3.50. The summed E-state index contributed by atoms with van der Waals surface area (Å²) in [7, 11) is 0. The van der Waals surface area contributed by atoms with Crippen molar-refractivity contribution in [2.75, 3.05) is 30.5 Å². The summed E-state index contributed by atoms with van der Waals surface area (Å²) in [4.78, 5) is 0. The first-order chi connectivity index (χ1) is 5.91. The predicted octanol–water partition coefficient (Wildman–Crippen LogP) is 1.74. The molecule has 12 heavy (non-hydrogen) atoms. The van der Waals surface area contributed by atoms with Crippen LogP contribution in [0, 0.1) is 12.3 Å². The molecule has 0 saturated heterocycles. The molecule has 0 aliphatic heterocycles. The van der Waals surface area contributed by atoms with Crippen LogP contribution in [0.5, 0.6) is 0 Å². The summed E-state index contributed by atoms with van der Waals surface area (Å²) in [6, 6.07) is 0. The summed E-state index contributed by atoms with van der Waals surface area (Å²) in [5, 5.41) is 3.24. The summed E-state index contributed by atoms with van der Waals surface area (Å²) in [5.74, 6) is 5.05. The summed E-state index contributed by atoms with van der Waals surface area (Å²) in [6.45, 7) is 1.89. The number of allylic oxidation sites excluding steroid dienone is 1. The minimum absolute atomic E-state index is 0.591. The standard InChI is InChI=1S/C9H14ClNS/c1-2-8-12-9-7-11-6-4-3-5-10/h1,3-4,11H,5-9H2/b4-3+. The van der Waals surface area contributed by atoms with Gasteiger partial charge in [-0.05, 0) is 0 Å². The maximum atomic E-state index is 5.44. The lowest BCUT2D eigenvalue weighted by Gasteiger charge is -1.98. The lowest BCUT2D eigenvalue weighted by molar-refractivity contribution is 0.806. The van der Waals surface area contributed by atoms with Crippen LogP contribution in [0.3, 0.4) is 0 Å². The number of halogens is 1. The van der Waals surface area contributed by atoms with Crippen molar-refractivity contribution < 1.29 is 0 Å². The molecule has 0 aromatic carbocycles. The Morgan fingerprint density at radius 1 is 1.50 bits per heavy atom. The number of terminal acetylenes is 1. The third-order valence-corrected chi connectivity index (χ3v) is 2.17. The average Bonchev–Trinajstić information content (AvgIpc) is 2.10. The highest BCUT2D eigenvalue weighted by Gasteiger charge is 1.84. The van der Waals surface area contributed by atoms with Crippen molar-refractivity contribution in [3.8, 4) is 12.3 Å². The van der Waals surface area contributed by atoms with Gasteiger partial charge in [-0.25, -0.2) is 0 Å². The molecular weight excluding hydrogens is 190 g/mol. The van der Waals surface area contributed by atoms with Gasteiger partial charge in [0, 0.05) is 24.7 Å². The van der Waals surface area contributed by atoms with Crippen molar-refractivity contribution in [1.29, 1.82) is 0 Å². The zero-order valence-corrected chi connectivity index (χ0v) is 8.63. The summed E-state index contributed by atoms with van der Waals surface area (Å²) in [5.41, 5.74) is 0. The molecule has 1 N–H and O–H groups in total. The fourth-order valence-electron chi connectivity index (χ4n) is 0.607. The number of hydrogen-bond acceptors (Lipinski definition) is 2. The van der Waals surface area contributed by atoms with Gasteiger partial charge in [0.2, 0.25) is 0 Å². The molecule has 68 valence electrons. The largest absolute Gasteiger partial charge is 0.312 e. The smallest absolute Gasteiger partial charge is 0.0545 e. The van der Waals surface area contributed by atoms with E-state index in [0.29, 0.717) is 5.88 Å². The molecule has 0 bridgehead atoms. The van der Waals surface area contributed by atoms with Crippen LogP contribution >= 0.6 is 23.4 Å². The molecule has 0 aliphatic carbocycles. The Bertz CT molecular complexity index is 151. The summed E-state index contributed by atoms with van der Waals surface area (Å²) in [6.07, 6.45) is 9.05. The van der Waals surface area contributed by atoms with Gasteiger partial charge in [-0.3, -0.25) is 0 Å². The Kier molecular flexibility index (Phi) is 10.8. The van der Waals surface area contributed by atoms with Gasteiger partial charge in [0.05, 0.1) is 5.75 Å². The van der Waals surface area contributed by atoms with Crippen LogP contribution in [0.1, 0.15) is 0 Å². The molecule has 0 aromatic heterocycles. The Hall–Kier alpha value is -0.100. The zero-order valence-electron chi connectivity index (χ0n) is 7.05. The van der Waals surface area contributed by atoms with Crippen molar-refractivity contribution in [2.45, 2.75) is 0 Å². The van der Waals surface area contributed by atoms with Crippen molar-refractivity contribution >= 4 is 23.4 Å². The number of thioether (sulfide) groups is 1. The van der Waals surface area contributed by atoms with E-state index in [4.69, 9.17) is 18.0 Å². The van der Waals surface area contributed by atoms with Gasteiger partial charge in [0.1, 0.15) is 0 Å². The molecule has 0 unspecified atom stereocenters. The fraction of sp³-hybridized carbons (Fsp3) is 0.556. The van der Waals surface area contributed by atoms with Crippen LogP contribution in [0.4, 0.5) is 0 Å². The fourth-order valence-corrected chi connectivity index (χ4v) is 1.28. The highest BCUT2D eigenvalue weighted by Crippen LogP contribution is 1.94. The van der Waals surface area contributed by atoms with Gasteiger partial charge in [-0.2, -0.15) is 0 Å². The van der Waals surface area contributed by atoms with E-state index in [0.717, 1.165) is 24.6 Å². The molecular formula is C9H14ClNS. The number of hydrogen-bond donors (Lipinski definition) is 1. The van der Waals surface area contributed by atoms with Crippen LogP contribution in [-0.2, 0) is 0 Å². The Labute approximate surface area is 83.9 Å². The molecule has 0 aromatic rings. The second-order valence-electron chi connectivity index (χ2n) is 2.09. The van der Waals surface area contributed by atoms with Gasteiger partial charge in [0.25, 0.3) is 0 Å². The Morgan fingerprint density at radius 3 is 3.00 bits per heavy atom. The van der Waals surface area contributed by atoms with Crippen molar-refractivity contribution in [2.24, 2.45) is 0 Å². The molecule has 0 rings (SSSR count). The minimum Gasteiger partial charge on any atom is -0.312 e. The van der Waals surface area contributed by atoms with Crippen molar-refractivity contribution in [1.82, 2.24) is 5.32 Å². The molecule has 0 aliphatic rings. The SMILES string of the molecule is C#CCSCCNC/C=C/CCl. The van der Waals surface area contributed by atoms with Gasteiger partial charge in [-0.1, -0.05) is 18.1 Å². The first-order valence-corrected chi connectivity index (χ1v) is 5.53. The molecule has 0 atom stereocenters. The van der Waals surface area contributed by atoms with E-state index in [2.05, 4.69) is 11.2 Å². The molecule has 0 saturated carbocycles. The first kappa shape index (κ1) is 11.9. The van der Waals surface area contributed by atoms with E-state index in [9.17, 15) is 0 Å². The van der Waals surface area contributed by atoms with Gasteiger partial charge in [0.15, 0.2) is 0 Å². The Balaban J connectivity index is 2.92. The van der Waals surface area contributed by atoms with Gasteiger partial charge in [-0.15, -0.1) is 29.8 Å². The number of rotatable bonds is 7. The Morgan fingerprint density at radius 2 is 2.33 bits per heavy atom. The molecule has 1 nitrogen and oxygen atoms in total. The van der Waals surface area contributed by atoms with E-state index in [-0.39, 0.29) is 0 Å². The number of alkyl halides is 1. The molecule has 3 heteroatoms. The van der Waals surface area contributed by atoms with Gasteiger partial charge < -0.3 is 5.32 Å². The zero-order chi connectivity index (χ0) is 9.07. The highest BCUT2D eigenvalue weighted by atomic mass is 35.5. The molecule has 0 heterocycles. The summed E-state index contributed by atoms with van der Waals surface area (Å²) >= 11 is 7.21. The second kappa shape index (κ2) is 10.9. The predicted molar refractivity (Wildman–Crippen MR) is 58.9 cm³/mol. The van der Waals surface area contributed by atoms with E-state index in [1.54, 1.807) is 11.8 Å². The molecule has 0 fully saturated rings. The maximum absolute atomic E-state index is 5.44. The lowest BCUT2D eigenvalue weighted by Crippen LogP contribution is -2.16. The minimum atomic E-state index is 0.591.